The van der Waals surface area contributed by atoms with Gasteiger partial charge in [0.1, 0.15) is 18.2 Å². The fraction of sp³-hybridized carbons (Fsp3) is 0.500. The smallest absolute Gasteiger partial charge is 0.264 e. The number of hydrogen-bond donors (Lipinski definition) is 1. The maximum absolute atomic E-state index is 13.5. The predicted octanol–water partition coefficient (Wildman–Crippen LogP) is 6.62. The molecule has 0 amide bonds. The van der Waals surface area contributed by atoms with Crippen molar-refractivity contribution < 1.29 is 18.3 Å². The average molecular weight is 499 g/mol. The molecule has 0 aliphatic carbocycles. The van der Waals surface area contributed by atoms with Gasteiger partial charge in [-0.1, -0.05) is 18.2 Å². The van der Waals surface area contributed by atoms with E-state index in [1.807, 2.05) is 32.0 Å². The van der Waals surface area contributed by atoms with Crippen LogP contribution in [0.4, 0.5) is 14.6 Å². The summed E-state index contributed by atoms with van der Waals surface area (Å²) in [6, 6.07) is 8.85. The number of nitrogens with one attached hydrogen (secondary N) is 1. The van der Waals surface area contributed by atoms with Gasteiger partial charge < -0.3 is 14.8 Å². The molecule has 36 heavy (non-hydrogen) atoms. The van der Waals surface area contributed by atoms with Crippen LogP contribution in [-0.4, -0.2) is 47.2 Å². The summed E-state index contributed by atoms with van der Waals surface area (Å²) in [7, 11) is 3.76. The van der Waals surface area contributed by atoms with Crippen LogP contribution in [0.1, 0.15) is 68.6 Å². The Morgan fingerprint density at radius 3 is 2.50 bits per heavy atom. The second-order valence-corrected chi connectivity index (χ2v) is 10.3. The molecule has 0 saturated carbocycles. The van der Waals surface area contributed by atoms with Crippen LogP contribution in [0.15, 0.2) is 30.3 Å². The van der Waals surface area contributed by atoms with Gasteiger partial charge in [0.05, 0.1) is 18.7 Å². The van der Waals surface area contributed by atoms with Gasteiger partial charge in [-0.3, -0.25) is 4.90 Å². The van der Waals surface area contributed by atoms with Gasteiger partial charge in [0.2, 0.25) is 0 Å². The number of likely N-dealkylation sites (tertiary alicyclic amines) is 1. The molecule has 0 spiro atoms. The topological polar surface area (TPSA) is 59.5 Å². The lowest BCUT2D eigenvalue weighted by Gasteiger charge is -2.31. The third-order valence-electron chi connectivity index (χ3n) is 7.59. The number of aromatic nitrogens is 2. The van der Waals surface area contributed by atoms with Crippen molar-refractivity contribution in [2.24, 2.45) is 0 Å². The molecule has 2 heterocycles. The first-order valence-corrected chi connectivity index (χ1v) is 12.4. The molecular weight excluding hydrogens is 462 g/mol. The SMILES string of the molecule is COc1cc2nc(C)nc(N[C@H](C)c3cccc(C(F)F)c3C)c2cc1OC[C@@H]1CCC(C)(C)N1C. The van der Waals surface area contributed by atoms with E-state index in [2.05, 4.69) is 41.1 Å². The number of fused-ring (bicyclic) bond motifs is 1. The molecule has 1 aromatic heterocycles. The van der Waals surface area contributed by atoms with E-state index in [0.717, 1.165) is 29.3 Å². The number of rotatable bonds is 8. The quantitative estimate of drug-likeness (QED) is 0.377. The number of aryl methyl sites for hydroxylation is 1. The first kappa shape index (κ1) is 26.1. The first-order chi connectivity index (χ1) is 17.0. The summed E-state index contributed by atoms with van der Waals surface area (Å²) in [5.41, 5.74) is 2.30. The zero-order chi connectivity index (χ0) is 26.2. The largest absolute Gasteiger partial charge is 0.493 e. The lowest BCUT2D eigenvalue weighted by molar-refractivity contribution is 0.126. The Morgan fingerprint density at radius 2 is 1.86 bits per heavy atom. The van der Waals surface area contributed by atoms with E-state index in [1.165, 1.54) is 6.07 Å². The Labute approximate surface area is 212 Å². The minimum atomic E-state index is -2.52. The number of alkyl halides is 2. The zero-order valence-corrected chi connectivity index (χ0v) is 22.2. The van der Waals surface area contributed by atoms with E-state index >= 15 is 0 Å². The van der Waals surface area contributed by atoms with E-state index in [0.29, 0.717) is 41.4 Å². The van der Waals surface area contributed by atoms with Crippen molar-refractivity contribution in [3.63, 3.8) is 0 Å². The van der Waals surface area contributed by atoms with Gasteiger partial charge in [0.15, 0.2) is 11.5 Å². The van der Waals surface area contributed by atoms with Crippen molar-refractivity contribution in [3.8, 4) is 11.5 Å². The summed E-state index contributed by atoms with van der Waals surface area (Å²) in [6.07, 6.45) is -0.323. The highest BCUT2D eigenvalue weighted by Gasteiger charge is 2.36. The van der Waals surface area contributed by atoms with Crippen molar-refractivity contribution in [2.45, 2.75) is 71.5 Å². The predicted molar refractivity (Wildman–Crippen MR) is 139 cm³/mol. The number of anilines is 1. The highest BCUT2D eigenvalue weighted by Crippen LogP contribution is 2.37. The van der Waals surface area contributed by atoms with Crippen LogP contribution in [-0.2, 0) is 0 Å². The highest BCUT2D eigenvalue weighted by molar-refractivity contribution is 5.92. The third kappa shape index (κ3) is 5.09. The average Bonchev–Trinajstić information content (AvgIpc) is 3.08. The van der Waals surface area contributed by atoms with Gasteiger partial charge in [-0.05, 0) is 71.7 Å². The molecule has 1 fully saturated rings. The van der Waals surface area contributed by atoms with Gasteiger partial charge >= 0.3 is 0 Å². The lowest BCUT2D eigenvalue weighted by atomic mass is 9.97. The Hall–Kier alpha value is -3.00. The first-order valence-electron chi connectivity index (χ1n) is 12.4. The molecule has 8 heteroatoms. The molecule has 0 bridgehead atoms. The minimum absolute atomic E-state index is 0.0466. The Kier molecular flexibility index (Phi) is 7.36. The van der Waals surface area contributed by atoms with E-state index in [9.17, 15) is 8.78 Å². The standard InChI is InChI=1S/C28H36F2N4O2/c1-16-20(9-8-10-21(16)26(29)30)17(2)31-27-22-13-25(24(35-7)14-23(22)32-18(3)33-27)36-15-19-11-12-28(4,5)34(19)6/h8-10,13-14,17,19,26H,11-12,15H2,1-7H3,(H,31,32,33)/t17-,19+/m1/s1. The molecule has 1 N–H and O–H groups in total. The summed E-state index contributed by atoms with van der Waals surface area (Å²) in [5.74, 6) is 2.46. The molecule has 3 aromatic rings. The van der Waals surface area contributed by atoms with Crippen molar-refractivity contribution in [1.29, 1.82) is 0 Å². The van der Waals surface area contributed by atoms with E-state index in [1.54, 1.807) is 20.1 Å². The molecule has 1 saturated heterocycles. The number of likely N-dealkylation sites (N-methyl/N-ethyl adjacent to an activating group) is 1. The van der Waals surface area contributed by atoms with Crippen molar-refractivity contribution in [3.05, 3.63) is 52.8 Å². The molecule has 4 rings (SSSR count). The molecule has 0 unspecified atom stereocenters. The Balaban J connectivity index is 1.66. The fourth-order valence-electron chi connectivity index (χ4n) is 5.06. The van der Waals surface area contributed by atoms with Crippen LogP contribution in [0, 0.1) is 13.8 Å². The number of ether oxygens (including phenoxy) is 2. The molecule has 1 aliphatic rings. The van der Waals surface area contributed by atoms with Gasteiger partial charge in [-0.15, -0.1) is 0 Å². The maximum Gasteiger partial charge on any atom is 0.264 e. The monoisotopic (exact) mass is 498 g/mol. The van der Waals surface area contributed by atoms with Crippen LogP contribution in [0.5, 0.6) is 11.5 Å². The van der Waals surface area contributed by atoms with Crippen LogP contribution in [0.25, 0.3) is 10.9 Å². The fourth-order valence-corrected chi connectivity index (χ4v) is 5.06. The molecule has 6 nitrogen and oxygen atoms in total. The molecular formula is C28H36F2N4O2. The van der Waals surface area contributed by atoms with Crippen molar-refractivity contribution in [1.82, 2.24) is 14.9 Å². The van der Waals surface area contributed by atoms with Crippen LogP contribution >= 0.6 is 0 Å². The zero-order valence-electron chi connectivity index (χ0n) is 22.2. The molecule has 0 radical (unpaired) electrons. The molecule has 1 aliphatic heterocycles. The van der Waals surface area contributed by atoms with Crippen molar-refractivity contribution in [2.75, 3.05) is 26.1 Å². The van der Waals surface area contributed by atoms with E-state index in [4.69, 9.17) is 9.47 Å². The normalized spacial score (nSPS) is 18.6. The summed E-state index contributed by atoms with van der Waals surface area (Å²) >= 11 is 0. The van der Waals surface area contributed by atoms with Gasteiger partial charge in [0, 0.05) is 28.6 Å². The summed E-state index contributed by atoms with van der Waals surface area (Å²) in [6.45, 7) is 10.6. The van der Waals surface area contributed by atoms with Gasteiger partial charge in [0.25, 0.3) is 6.43 Å². The van der Waals surface area contributed by atoms with E-state index in [-0.39, 0.29) is 17.1 Å². The second kappa shape index (κ2) is 10.2. The number of methoxy groups -OCH3 is 1. The molecule has 2 aromatic carbocycles. The highest BCUT2D eigenvalue weighted by atomic mass is 19.3. The number of hydrogen-bond acceptors (Lipinski definition) is 6. The summed E-state index contributed by atoms with van der Waals surface area (Å²) < 4.78 is 38.8. The lowest BCUT2D eigenvalue weighted by Crippen LogP contribution is -2.41. The second-order valence-electron chi connectivity index (χ2n) is 10.3. The van der Waals surface area contributed by atoms with Crippen molar-refractivity contribution >= 4 is 16.7 Å². The number of nitrogens with zero attached hydrogens (tertiary/aromatic N) is 3. The van der Waals surface area contributed by atoms with Gasteiger partial charge in [-0.2, -0.15) is 0 Å². The number of halogens is 2. The summed E-state index contributed by atoms with van der Waals surface area (Å²) in [5, 5.41) is 4.21. The summed E-state index contributed by atoms with van der Waals surface area (Å²) in [4.78, 5) is 11.6. The van der Waals surface area contributed by atoms with Crippen LogP contribution in [0.3, 0.4) is 0 Å². The Bertz CT molecular complexity index is 1250. The van der Waals surface area contributed by atoms with Crippen LogP contribution in [0.2, 0.25) is 0 Å². The van der Waals surface area contributed by atoms with Gasteiger partial charge in [-0.25, -0.2) is 18.7 Å². The van der Waals surface area contributed by atoms with Crippen LogP contribution < -0.4 is 14.8 Å². The molecule has 2 atom stereocenters. The van der Waals surface area contributed by atoms with E-state index < -0.39 is 6.43 Å². The third-order valence-corrected chi connectivity index (χ3v) is 7.59. The minimum Gasteiger partial charge on any atom is -0.493 e. The Morgan fingerprint density at radius 1 is 1.14 bits per heavy atom. The maximum atomic E-state index is 13.5. The molecule has 194 valence electrons. The number of benzene rings is 2.